The Morgan fingerprint density at radius 2 is 2.12 bits per heavy atom. The van der Waals surface area contributed by atoms with Gasteiger partial charge in [0.25, 0.3) is 0 Å². The summed E-state index contributed by atoms with van der Waals surface area (Å²) in [4.78, 5) is 0. The molecule has 0 atom stereocenters. The van der Waals surface area contributed by atoms with E-state index in [9.17, 15) is 8.78 Å². The Morgan fingerprint density at radius 3 is 2.25 bits per heavy atom. The monoisotopic (exact) mass is 120 g/mol. The summed E-state index contributed by atoms with van der Waals surface area (Å²) in [6, 6.07) is 0. The number of alkyl halides is 2. The summed E-state index contributed by atoms with van der Waals surface area (Å²) >= 11 is 0. The molecule has 0 aliphatic rings. The Morgan fingerprint density at radius 1 is 1.62 bits per heavy atom. The zero-order valence-electron chi connectivity index (χ0n) is 4.23. The van der Waals surface area contributed by atoms with Crippen molar-refractivity contribution < 1.29 is 13.5 Å². The summed E-state index contributed by atoms with van der Waals surface area (Å²) in [5.74, 6) is -0.111. The molecular weight excluding hydrogens is 114 g/mol. The van der Waals surface area contributed by atoms with Gasteiger partial charge >= 0.3 is 6.61 Å². The van der Waals surface area contributed by atoms with Crippen molar-refractivity contribution in [2.45, 2.75) is 6.61 Å². The van der Waals surface area contributed by atoms with Gasteiger partial charge in [-0.1, -0.05) is 13.2 Å². The van der Waals surface area contributed by atoms with E-state index in [1.807, 2.05) is 0 Å². The highest BCUT2D eigenvalue weighted by atomic mass is 19.3. The molecular formula is C5H6F2O. The number of rotatable bonds is 3. The third kappa shape index (κ3) is 3.33. The molecule has 1 nitrogen and oxygen atoms in total. The fourth-order valence-electron chi connectivity index (χ4n) is 0.163. The predicted octanol–water partition coefficient (Wildman–Crippen LogP) is 1.93. The van der Waals surface area contributed by atoms with E-state index in [1.165, 1.54) is 0 Å². The number of hydrogen-bond donors (Lipinski definition) is 0. The van der Waals surface area contributed by atoms with Crippen LogP contribution >= 0.6 is 0 Å². The molecule has 0 heterocycles. The van der Waals surface area contributed by atoms with Gasteiger partial charge in [-0.3, -0.25) is 0 Å². The molecule has 0 aliphatic carbocycles. The number of allylic oxidation sites excluding steroid dienone is 1. The summed E-state index contributed by atoms with van der Waals surface area (Å²) < 4.78 is 26.0. The van der Waals surface area contributed by atoms with Crippen molar-refractivity contribution in [2.75, 3.05) is 0 Å². The lowest BCUT2D eigenvalue weighted by Crippen LogP contribution is -1.94. The molecule has 8 heavy (non-hydrogen) atoms. The minimum atomic E-state index is -2.79. The molecule has 0 saturated heterocycles. The van der Waals surface area contributed by atoms with E-state index in [1.54, 1.807) is 0 Å². The van der Waals surface area contributed by atoms with Crippen LogP contribution in [0.2, 0.25) is 0 Å². The quantitative estimate of drug-likeness (QED) is 0.408. The zero-order valence-corrected chi connectivity index (χ0v) is 4.23. The molecule has 0 N–H and O–H groups in total. The lowest BCUT2D eigenvalue weighted by molar-refractivity contribution is -0.0915. The first-order valence-corrected chi connectivity index (χ1v) is 1.93. The summed E-state index contributed by atoms with van der Waals surface area (Å²) in [6.07, 6.45) is 1.12. The lowest BCUT2D eigenvalue weighted by Gasteiger charge is -2.00. The highest BCUT2D eigenvalue weighted by molar-refractivity contribution is 5.01. The molecule has 0 unspecified atom stereocenters. The number of ether oxygens (including phenoxy) is 1. The Balaban J connectivity index is 3.39. The van der Waals surface area contributed by atoms with Gasteiger partial charge in [-0.2, -0.15) is 8.78 Å². The van der Waals surface area contributed by atoms with Crippen LogP contribution < -0.4 is 0 Å². The summed E-state index contributed by atoms with van der Waals surface area (Å²) in [5.41, 5.74) is 0. The number of hydrogen-bond acceptors (Lipinski definition) is 1. The van der Waals surface area contributed by atoms with E-state index in [4.69, 9.17) is 0 Å². The summed E-state index contributed by atoms with van der Waals surface area (Å²) in [5, 5.41) is 0. The molecule has 0 radical (unpaired) electrons. The third-order valence-corrected chi connectivity index (χ3v) is 0.468. The highest BCUT2D eigenvalue weighted by Crippen LogP contribution is 2.02. The Labute approximate surface area is 46.3 Å². The van der Waals surface area contributed by atoms with Gasteiger partial charge in [0.1, 0.15) is 5.76 Å². The molecule has 0 saturated carbocycles. The van der Waals surface area contributed by atoms with Crippen molar-refractivity contribution in [3.05, 3.63) is 25.0 Å². The average molecular weight is 120 g/mol. The van der Waals surface area contributed by atoms with E-state index in [-0.39, 0.29) is 5.76 Å². The van der Waals surface area contributed by atoms with Crippen LogP contribution in [0, 0.1) is 0 Å². The van der Waals surface area contributed by atoms with E-state index >= 15 is 0 Å². The first kappa shape index (κ1) is 7.14. The van der Waals surface area contributed by atoms with Gasteiger partial charge < -0.3 is 4.74 Å². The second kappa shape index (κ2) is 3.18. The van der Waals surface area contributed by atoms with E-state index < -0.39 is 6.61 Å². The zero-order chi connectivity index (χ0) is 6.57. The standard InChI is InChI=1S/C5H6F2O/c1-3-4(2)8-5(6)7/h3,5H,1-2H2. The second-order valence-electron chi connectivity index (χ2n) is 1.05. The van der Waals surface area contributed by atoms with Crippen LogP contribution in [0.5, 0.6) is 0 Å². The van der Waals surface area contributed by atoms with Gasteiger partial charge in [0.2, 0.25) is 0 Å². The van der Waals surface area contributed by atoms with Crippen molar-refractivity contribution in [1.82, 2.24) is 0 Å². The topological polar surface area (TPSA) is 9.23 Å². The van der Waals surface area contributed by atoms with Crippen LogP contribution in [-0.2, 0) is 4.74 Å². The smallest absolute Gasteiger partial charge is 0.387 e. The molecule has 0 spiro atoms. The molecule has 0 aliphatic heterocycles. The van der Waals surface area contributed by atoms with Crippen LogP contribution in [0.1, 0.15) is 0 Å². The predicted molar refractivity (Wildman–Crippen MR) is 26.4 cm³/mol. The van der Waals surface area contributed by atoms with Crippen LogP contribution in [0.15, 0.2) is 25.0 Å². The van der Waals surface area contributed by atoms with Crippen LogP contribution in [-0.4, -0.2) is 6.61 Å². The minimum Gasteiger partial charge on any atom is -0.436 e. The molecule has 0 bridgehead atoms. The summed E-state index contributed by atoms with van der Waals surface area (Å²) in [6.45, 7) is 3.46. The molecule has 46 valence electrons. The van der Waals surface area contributed by atoms with Crippen molar-refractivity contribution in [3.8, 4) is 0 Å². The Bertz CT molecular complexity index is 98.6. The van der Waals surface area contributed by atoms with Gasteiger partial charge in [-0.15, -0.1) is 0 Å². The summed E-state index contributed by atoms with van der Waals surface area (Å²) in [7, 11) is 0. The maximum Gasteiger partial charge on any atom is 0.387 e. The van der Waals surface area contributed by atoms with Crippen molar-refractivity contribution in [1.29, 1.82) is 0 Å². The van der Waals surface area contributed by atoms with Gasteiger partial charge in [0.15, 0.2) is 0 Å². The first-order chi connectivity index (χ1) is 3.66. The van der Waals surface area contributed by atoms with Crippen molar-refractivity contribution in [3.63, 3.8) is 0 Å². The van der Waals surface area contributed by atoms with Gasteiger partial charge in [-0.05, 0) is 6.08 Å². The normalized spacial score (nSPS) is 8.88. The van der Waals surface area contributed by atoms with Crippen molar-refractivity contribution in [2.24, 2.45) is 0 Å². The third-order valence-electron chi connectivity index (χ3n) is 0.468. The van der Waals surface area contributed by atoms with Gasteiger partial charge in [0.05, 0.1) is 0 Å². The van der Waals surface area contributed by atoms with E-state index in [2.05, 4.69) is 17.9 Å². The maximum atomic E-state index is 11.1. The first-order valence-electron chi connectivity index (χ1n) is 1.93. The SMILES string of the molecule is C=CC(=C)OC(F)F. The Kier molecular flexibility index (Phi) is 2.84. The molecule has 0 amide bonds. The van der Waals surface area contributed by atoms with Crippen molar-refractivity contribution >= 4 is 0 Å². The van der Waals surface area contributed by atoms with E-state index in [0.29, 0.717) is 0 Å². The van der Waals surface area contributed by atoms with Gasteiger partial charge in [0, 0.05) is 0 Å². The van der Waals surface area contributed by atoms with Crippen LogP contribution in [0.25, 0.3) is 0 Å². The average Bonchev–Trinajstić information content (AvgIpc) is 1.65. The fourth-order valence-corrected chi connectivity index (χ4v) is 0.163. The molecule has 0 fully saturated rings. The molecule has 0 aromatic rings. The lowest BCUT2D eigenvalue weighted by atomic mass is 10.6. The molecule has 0 aromatic carbocycles. The Hall–Kier alpha value is -0.860. The maximum absolute atomic E-state index is 11.1. The number of halogens is 2. The minimum absolute atomic E-state index is 0.111. The van der Waals surface area contributed by atoms with Crippen LogP contribution in [0.3, 0.4) is 0 Å². The molecule has 0 aromatic heterocycles. The van der Waals surface area contributed by atoms with E-state index in [0.717, 1.165) is 6.08 Å². The highest BCUT2D eigenvalue weighted by Gasteiger charge is 1.99. The second-order valence-corrected chi connectivity index (χ2v) is 1.05. The van der Waals surface area contributed by atoms with Gasteiger partial charge in [-0.25, -0.2) is 0 Å². The fraction of sp³-hybridized carbons (Fsp3) is 0.200. The largest absolute Gasteiger partial charge is 0.436 e. The van der Waals surface area contributed by atoms with Crippen LogP contribution in [0.4, 0.5) is 8.78 Å². The molecule has 0 rings (SSSR count). The molecule has 3 heteroatoms.